The molecule has 1 aliphatic heterocycles. The fourth-order valence-electron chi connectivity index (χ4n) is 3.80. The molecule has 0 saturated carbocycles. The number of nitrogens with one attached hydrogen (secondary N) is 1. The maximum absolute atomic E-state index is 13.4. The van der Waals surface area contributed by atoms with E-state index in [1.165, 1.54) is 5.56 Å². The average Bonchev–Trinajstić information content (AvgIpc) is 2.88. The predicted molar refractivity (Wildman–Crippen MR) is 137 cm³/mol. The maximum Gasteiger partial charge on any atom is 0.294 e. The quantitative estimate of drug-likeness (QED) is 0.348. The number of benzene rings is 3. The number of anilines is 1. The Morgan fingerprint density at radius 2 is 1.77 bits per heavy atom. The third-order valence-electron chi connectivity index (χ3n) is 5.72. The van der Waals surface area contributed by atoms with Gasteiger partial charge in [-0.05, 0) is 61.7 Å². The second-order valence-corrected chi connectivity index (χ2v) is 8.38. The topological polar surface area (TPSA) is 67.9 Å². The number of hydrogen-bond donors (Lipinski definition) is 1. The van der Waals surface area contributed by atoms with Gasteiger partial charge in [-0.3, -0.25) is 14.5 Å². The minimum absolute atomic E-state index is 0.135. The summed E-state index contributed by atoms with van der Waals surface area (Å²) in [6.45, 7) is 6.29. The molecule has 6 nitrogen and oxygen atoms in total. The van der Waals surface area contributed by atoms with Gasteiger partial charge in [0.15, 0.2) is 11.5 Å². The number of carbonyl (C=O) groups excluding carboxylic acids is 2. The van der Waals surface area contributed by atoms with Crippen molar-refractivity contribution in [3.63, 3.8) is 0 Å². The molecule has 4 rings (SSSR count). The second-order valence-electron chi connectivity index (χ2n) is 8.38. The number of fused-ring (bicyclic) bond motifs is 1. The molecule has 0 spiro atoms. The van der Waals surface area contributed by atoms with Crippen molar-refractivity contribution in [1.82, 2.24) is 5.32 Å². The summed E-state index contributed by atoms with van der Waals surface area (Å²) in [5, 5.41) is 2.89. The Labute approximate surface area is 206 Å². The van der Waals surface area contributed by atoms with Crippen molar-refractivity contribution in [1.29, 1.82) is 0 Å². The summed E-state index contributed by atoms with van der Waals surface area (Å²) < 4.78 is 11.3. The van der Waals surface area contributed by atoms with E-state index in [-0.39, 0.29) is 17.6 Å². The average molecular weight is 471 g/mol. The number of nitrogens with zero attached hydrogens (tertiary/aromatic N) is 1. The summed E-state index contributed by atoms with van der Waals surface area (Å²) in [5.74, 6) is 0.529. The summed E-state index contributed by atoms with van der Waals surface area (Å²) in [6, 6.07) is 22.8. The molecule has 3 aromatic rings. The number of ether oxygens (including phenoxy) is 2. The summed E-state index contributed by atoms with van der Waals surface area (Å²) in [7, 11) is 0. The van der Waals surface area contributed by atoms with Crippen LogP contribution in [0.1, 0.15) is 40.4 Å². The van der Waals surface area contributed by atoms with Crippen LogP contribution in [0.4, 0.5) is 5.69 Å². The first kappa shape index (κ1) is 24.2. The van der Waals surface area contributed by atoms with Crippen molar-refractivity contribution in [2.75, 3.05) is 24.7 Å². The molecular formula is C29H30N2O4. The minimum atomic E-state index is -0.208. The summed E-state index contributed by atoms with van der Waals surface area (Å²) >= 11 is 0. The second kappa shape index (κ2) is 11.5. The fourth-order valence-corrected chi connectivity index (χ4v) is 3.80. The number of rotatable bonds is 9. The molecule has 180 valence electrons. The van der Waals surface area contributed by atoms with E-state index in [2.05, 4.69) is 5.32 Å². The predicted octanol–water partition coefficient (Wildman–Crippen LogP) is 5.12. The lowest BCUT2D eigenvalue weighted by Gasteiger charge is -2.30. The van der Waals surface area contributed by atoms with E-state index < -0.39 is 0 Å². The van der Waals surface area contributed by atoms with Gasteiger partial charge in [-0.1, -0.05) is 54.1 Å². The van der Waals surface area contributed by atoms with Crippen LogP contribution in [-0.2, 0) is 16.1 Å². The van der Waals surface area contributed by atoms with Crippen molar-refractivity contribution < 1.29 is 19.1 Å². The van der Waals surface area contributed by atoms with E-state index in [1.54, 1.807) is 23.1 Å². The van der Waals surface area contributed by atoms with E-state index in [4.69, 9.17) is 9.47 Å². The molecule has 3 aromatic carbocycles. The highest BCUT2D eigenvalue weighted by molar-refractivity contribution is 6.09. The van der Waals surface area contributed by atoms with E-state index in [0.717, 1.165) is 23.2 Å². The van der Waals surface area contributed by atoms with Crippen molar-refractivity contribution in [2.24, 2.45) is 0 Å². The van der Waals surface area contributed by atoms with Crippen LogP contribution in [0.25, 0.3) is 6.08 Å². The third kappa shape index (κ3) is 6.16. The molecule has 1 aliphatic rings. The monoisotopic (exact) mass is 470 g/mol. The van der Waals surface area contributed by atoms with Crippen LogP contribution in [0.2, 0.25) is 0 Å². The number of aryl methyl sites for hydroxylation is 1. The van der Waals surface area contributed by atoms with E-state index in [9.17, 15) is 9.59 Å². The Hall–Kier alpha value is -3.90. The molecule has 2 amide bonds. The fraction of sp³-hybridized carbons (Fsp3) is 0.241. The van der Waals surface area contributed by atoms with Gasteiger partial charge in [0, 0.05) is 25.3 Å². The normalized spacial score (nSPS) is 13.9. The molecule has 0 atom stereocenters. The van der Waals surface area contributed by atoms with Crippen molar-refractivity contribution in [3.05, 3.63) is 101 Å². The Bertz CT molecular complexity index is 1200. The highest BCUT2D eigenvalue weighted by Crippen LogP contribution is 2.36. The highest BCUT2D eigenvalue weighted by atomic mass is 16.5. The summed E-state index contributed by atoms with van der Waals surface area (Å²) in [4.78, 5) is 27.5. The number of carbonyl (C=O) groups is 2. The molecule has 0 radical (unpaired) electrons. The molecule has 0 bridgehead atoms. The van der Waals surface area contributed by atoms with E-state index >= 15 is 0 Å². The Morgan fingerprint density at radius 3 is 2.51 bits per heavy atom. The number of amides is 2. The molecule has 0 fully saturated rings. The van der Waals surface area contributed by atoms with Gasteiger partial charge < -0.3 is 14.8 Å². The number of hydrogen-bond acceptors (Lipinski definition) is 4. The van der Waals surface area contributed by atoms with Crippen LogP contribution >= 0.6 is 0 Å². The smallest absolute Gasteiger partial charge is 0.294 e. The SMILES string of the molecule is CCOCCCNC(=O)c1ccc(/C=C2/Oc3ccccc3N(Cc3ccc(C)cc3)C2=O)cc1. The van der Waals surface area contributed by atoms with Crippen LogP contribution in [0.15, 0.2) is 78.6 Å². The van der Waals surface area contributed by atoms with Crippen LogP contribution in [-0.4, -0.2) is 31.6 Å². The molecular weight excluding hydrogens is 440 g/mol. The van der Waals surface area contributed by atoms with E-state index in [0.29, 0.717) is 37.6 Å². The maximum atomic E-state index is 13.4. The molecule has 0 aromatic heterocycles. The Kier molecular flexibility index (Phi) is 7.95. The lowest BCUT2D eigenvalue weighted by Crippen LogP contribution is -2.36. The molecule has 35 heavy (non-hydrogen) atoms. The van der Waals surface area contributed by atoms with Crippen LogP contribution in [0, 0.1) is 6.92 Å². The minimum Gasteiger partial charge on any atom is -0.449 e. The highest BCUT2D eigenvalue weighted by Gasteiger charge is 2.30. The standard InChI is InChI=1S/C29H30N2O4/c1-3-34-18-6-17-30-28(32)24-15-13-22(14-16-24)19-27-29(33)31(20-23-11-9-21(2)10-12-23)25-7-4-5-8-26(25)35-27/h4-5,7-16,19H,3,6,17-18,20H2,1-2H3,(H,30,32)/b27-19+. The van der Waals surface area contributed by atoms with Crippen molar-refractivity contribution in [3.8, 4) is 5.75 Å². The summed E-state index contributed by atoms with van der Waals surface area (Å²) in [6.07, 6.45) is 2.48. The van der Waals surface area contributed by atoms with E-state index in [1.807, 2.05) is 74.5 Å². The lowest BCUT2D eigenvalue weighted by molar-refractivity contribution is -0.117. The zero-order valence-electron chi connectivity index (χ0n) is 20.1. The first-order chi connectivity index (χ1) is 17.0. The van der Waals surface area contributed by atoms with Gasteiger partial charge in [0.2, 0.25) is 0 Å². The molecule has 1 N–H and O–H groups in total. The third-order valence-corrected chi connectivity index (χ3v) is 5.72. The first-order valence-electron chi connectivity index (χ1n) is 11.9. The molecule has 0 aliphatic carbocycles. The van der Waals surface area contributed by atoms with Crippen molar-refractivity contribution in [2.45, 2.75) is 26.8 Å². The van der Waals surface area contributed by atoms with Crippen LogP contribution < -0.4 is 15.0 Å². The lowest BCUT2D eigenvalue weighted by atomic mass is 10.1. The largest absolute Gasteiger partial charge is 0.449 e. The van der Waals surface area contributed by atoms with Crippen molar-refractivity contribution >= 4 is 23.6 Å². The van der Waals surface area contributed by atoms with Gasteiger partial charge in [-0.15, -0.1) is 0 Å². The first-order valence-corrected chi connectivity index (χ1v) is 11.9. The van der Waals surface area contributed by atoms with Gasteiger partial charge >= 0.3 is 0 Å². The van der Waals surface area contributed by atoms with Crippen LogP contribution in [0.5, 0.6) is 5.75 Å². The van der Waals surface area contributed by atoms with Gasteiger partial charge in [0.05, 0.1) is 12.2 Å². The van der Waals surface area contributed by atoms with Gasteiger partial charge in [-0.2, -0.15) is 0 Å². The van der Waals surface area contributed by atoms with Gasteiger partial charge in [0.1, 0.15) is 0 Å². The Balaban J connectivity index is 1.49. The van der Waals surface area contributed by atoms with Gasteiger partial charge in [-0.25, -0.2) is 0 Å². The molecule has 0 saturated heterocycles. The molecule has 1 heterocycles. The molecule has 0 unspecified atom stereocenters. The molecule has 6 heteroatoms. The number of para-hydroxylation sites is 2. The zero-order chi connectivity index (χ0) is 24.6. The van der Waals surface area contributed by atoms with Gasteiger partial charge in [0.25, 0.3) is 11.8 Å². The Morgan fingerprint density at radius 1 is 1.03 bits per heavy atom. The zero-order valence-corrected chi connectivity index (χ0v) is 20.1. The summed E-state index contributed by atoms with van der Waals surface area (Å²) in [5.41, 5.74) is 4.29. The van der Waals surface area contributed by atoms with Crippen LogP contribution in [0.3, 0.4) is 0 Å².